The summed E-state index contributed by atoms with van der Waals surface area (Å²) in [6, 6.07) is 0. The van der Waals surface area contributed by atoms with Gasteiger partial charge in [0.25, 0.3) is 0 Å². The zero-order valence-electron chi connectivity index (χ0n) is 24.9. The Morgan fingerprint density at radius 1 is 0.265 bits per heavy atom. The molecule has 0 fully saturated rings. The molecule has 0 N–H and O–H groups in total. The molecule has 0 nitrogen and oxygen atoms in total. The van der Waals surface area contributed by atoms with Crippen LogP contribution < -0.4 is 0 Å². The zero-order valence-corrected chi connectivity index (χ0v) is 29.8. The molecule has 0 saturated carbocycles. The molecule has 2 radical (unpaired) electrons. The van der Waals surface area contributed by atoms with E-state index in [0.29, 0.717) is 0 Å². The van der Waals surface area contributed by atoms with E-state index >= 15 is 0 Å². The summed E-state index contributed by atoms with van der Waals surface area (Å²) in [4.78, 5) is 0. The van der Waals surface area contributed by atoms with E-state index < -0.39 is 0 Å². The average molecular weight is 606 g/mol. The van der Waals surface area contributed by atoms with E-state index in [4.69, 9.17) is 0 Å². The Morgan fingerprint density at radius 2 is 0.471 bits per heavy atom. The van der Waals surface area contributed by atoms with Gasteiger partial charge in [-0.05, 0) is 48.7 Å². The Balaban J connectivity index is 0. The summed E-state index contributed by atoms with van der Waals surface area (Å²) < 4.78 is 0. The van der Waals surface area contributed by atoms with Gasteiger partial charge in [-0.1, -0.05) is 156 Å². The van der Waals surface area contributed by atoms with E-state index in [1.54, 1.807) is 23.0 Å². The molecule has 0 aromatic heterocycles. The second-order valence-electron chi connectivity index (χ2n) is 11.1. The Hall–Kier alpha value is 1.15. The number of rotatable bonds is 28. The normalized spacial score (nSPS) is 12.1. The molecule has 0 aliphatic rings. The second kappa shape index (κ2) is 30.4. The average Bonchev–Trinajstić information content (AvgIpc) is 2.83. The van der Waals surface area contributed by atoms with Crippen LogP contribution in [0.4, 0.5) is 0 Å². The number of hydrogen-bond acceptors (Lipinski definition) is 0. The van der Waals surface area contributed by atoms with Gasteiger partial charge in [0.15, 0.2) is 0 Å². The van der Waals surface area contributed by atoms with E-state index in [2.05, 4.69) is 27.7 Å². The van der Waals surface area contributed by atoms with E-state index in [1.807, 2.05) is 0 Å². The summed E-state index contributed by atoms with van der Waals surface area (Å²) in [5.74, 6) is 6.42. The van der Waals surface area contributed by atoms with Crippen LogP contribution in [0.15, 0.2) is 0 Å². The van der Waals surface area contributed by atoms with Crippen LogP contribution >= 0.6 is 10.0 Å². The molecule has 0 rings (SSSR count). The van der Waals surface area contributed by atoms with Crippen LogP contribution in [-0.4, -0.2) is 46.9 Å². The molecule has 2 heteroatoms. The van der Waals surface area contributed by atoms with Gasteiger partial charge < -0.3 is 0 Å². The molecule has 0 aliphatic heterocycles. The molecule has 34 heavy (non-hydrogen) atoms. The van der Waals surface area contributed by atoms with E-state index in [1.165, 1.54) is 154 Å². The third-order valence-corrected chi connectivity index (χ3v) is 12.3. The Bertz CT molecular complexity index is 323. The maximum atomic E-state index is 2.41. The van der Waals surface area contributed by atoms with Gasteiger partial charge in [-0.15, -0.1) is 0 Å². The Morgan fingerprint density at radius 3 is 0.735 bits per heavy atom. The van der Waals surface area contributed by atoms with Crippen LogP contribution in [0.2, 0.25) is 0 Å². The van der Waals surface area contributed by atoms with Crippen molar-refractivity contribution in [3.63, 3.8) is 0 Å². The fourth-order valence-corrected chi connectivity index (χ4v) is 9.96. The topological polar surface area (TPSA) is 0 Å². The molecule has 0 aliphatic carbocycles. The molecular weight excluding hydrogens is 535 g/mol. The summed E-state index contributed by atoms with van der Waals surface area (Å²) in [7, 11) is -0.336. The number of unbranched alkanes of at least 4 members (excludes halogenated alkanes) is 20. The molecule has 0 aromatic rings. The van der Waals surface area contributed by atoms with E-state index in [9.17, 15) is 0 Å². The first-order valence-electron chi connectivity index (χ1n) is 16.0. The molecule has 208 valence electrons. The third-order valence-electron chi connectivity index (χ3n) is 7.72. The molecular formula is C32H70SSn. The summed E-state index contributed by atoms with van der Waals surface area (Å²) in [6.45, 7) is 9.45. The zero-order chi connectivity index (χ0) is 24.3. The van der Waals surface area contributed by atoms with Crippen LogP contribution in [0.25, 0.3) is 0 Å². The summed E-state index contributed by atoms with van der Waals surface area (Å²) in [6.07, 6.45) is 35.4. The first-order valence-corrected chi connectivity index (χ1v) is 18.3. The minimum atomic E-state index is -0.336. The molecule has 0 heterocycles. The summed E-state index contributed by atoms with van der Waals surface area (Å²) in [5, 5.41) is 0. The van der Waals surface area contributed by atoms with Crippen LogP contribution in [0.5, 0.6) is 0 Å². The van der Waals surface area contributed by atoms with Crippen LogP contribution in [0.1, 0.15) is 182 Å². The Kier molecular flexibility index (Phi) is 33.3. The van der Waals surface area contributed by atoms with Gasteiger partial charge in [0.05, 0.1) is 0 Å². The monoisotopic (exact) mass is 606 g/mol. The van der Waals surface area contributed by atoms with Crippen molar-refractivity contribution in [3.05, 3.63) is 0 Å². The first-order chi connectivity index (χ1) is 16.2. The van der Waals surface area contributed by atoms with Crippen molar-refractivity contribution in [2.75, 3.05) is 23.0 Å². The van der Waals surface area contributed by atoms with Crippen LogP contribution in [0, 0.1) is 0 Å². The van der Waals surface area contributed by atoms with Gasteiger partial charge >= 0.3 is 23.9 Å². The fourth-order valence-electron chi connectivity index (χ4n) is 5.30. The maximum absolute atomic E-state index is 2.41. The molecule has 0 atom stereocenters. The van der Waals surface area contributed by atoms with Crippen molar-refractivity contribution in [1.29, 1.82) is 0 Å². The third kappa shape index (κ3) is 24.8. The fraction of sp³-hybridized carbons (Fsp3) is 1.00. The van der Waals surface area contributed by atoms with Crippen molar-refractivity contribution in [2.45, 2.75) is 182 Å². The molecule has 0 spiro atoms. The molecule has 0 unspecified atom stereocenters. The van der Waals surface area contributed by atoms with Gasteiger partial charge in [0.1, 0.15) is 0 Å². The standard InChI is InChI=1S/C32H68S.Sn.2H/c1-5-9-13-15-17-19-21-23-25-27-31-33(29-11-7-3,30-12-8-4)32-28-26-24-22-20-18-16-14-10-6-2;;;/h5-32H2,1-4H3;;;. The SMILES string of the molecule is CCCCCCCCCCCCS(CCCC)(CCCC)CCCCCCCCCCCC.[SnH2]. The molecule has 0 amide bonds. The predicted molar refractivity (Wildman–Crippen MR) is 169 cm³/mol. The van der Waals surface area contributed by atoms with Gasteiger partial charge in [-0.25, -0.2) is 10.0 Å². The second-order valence-corrected chi connectivity index (χ2v) is 15.2. The quantitative estimate of drug-likeness (QED) is 0.0615. The van der Waals surface area contributed by atoms with Crippen molar-refractivity contribution in [3.8, 4) is 0 Å². The summed E-state index contributed by atoms with van der Waals surface area (Å²) in [5.41, 5.74) is 0. The van der Waals surface area contributed by atoms with Crippen molar-refractivity contribution >= 4 is 33.9 Å². The first kappa shape index (κ1) is 37.3. The summed E-state index contributed by atoms with van der Waals surface area (Å²) >= 11 is 0. The van der Waals surface area contributed by atoms with Gasteiger partial charge in [0, 0.05) is 0 Å². The van der Waals surface area contributed by atoms with Crippen LogP contribution in [0.3, 0.4) is 0 Å². The molecule has 0 bridgehead atoms. The van der Waals surface area contributed by atoms with Crippen molar-refractivity contribution in [2.24, 2.45) is 0 Å². The van der Waals surface area contributed by atoms with Crippen molar-refractivity contribution in [1.82, 2.24) is 0 Å². The van der Waals surface area contributed by atoms with E-state index in [-0.39, 0.29) is 33.9 Å². The molecule has 0 aromatic carbocycles. The van der Waals surface area contributed by atoms with Crippen LogP contribution in [-0.2, 0) is 0 Å². The van der Waals surface area contributed by atoms with Crippen molar-refractivity contribution < 1.29 is 0 Å². The molecule has 0 saturated heterocycles. The van der Waals surface area contributed by atoms with Gasteiger partial charge in [-0.3, -0.25) is 0 Å². The number of hydrogen-bond donors (Lipinski definition) is 0. The Labute approximate surface area is 237 Å². The minimum absolute atomic E-state index is 0. The van der Waals surface area contributed by atoms with Gasteiger partial charge in [0.2, 0.25) is 0 Å². The van der Waals surface area contributed by atoms with Gasteiger partial charge in [-0.2, -0.15) is 0 Å². The van der Waals surface area contributed by atoms with E-state index in [0.717, 1.165) is 0 Å². The predicted octanol–water partition coefficient (Wildman–Crippen LogP) is 11.3.